The molecule has 1 atom stereocenters. The van der Waals surface area contributed by atoms with Gasteiger partial charge < -0.3 is 15.2 Å². The fourth-order valence-electron chi connectivity index (χ4n) is 4.02. The third-order valence-electron chi connectivity index (χ3n) is 5.42. The molecule has 132 valence electrons. The molecule has 1 fully saturated rings. The fraction of sp³-hybridized carbons (Fsp3) is 0.526. The number of hydrogen-bond donors (Lipinski definition) is 2. The van der Waals surface area contributed by atoms with E-state index in [1.54, 1.807) is 6.92 Å². The maximum Gasteiger partial charge on any atom is 0.238 e. The van der Waals surface area contributed by atoms with E-state index in [4.69, 9.17) is 4.52 Å². The number of nitrogens with zero attached hydrogens (tertiary/aromatic N) is 2. The summed E-state index contributed by atoms with van der Waals surface area (Å²) in [6.45, 7) is 2.51. The van der Waals surface area contributed by atoms with Crippen molar-refractivity contribution in [1.82, 2.24) is 20.8 Å². The Bertz CT molecular complexity index is 764. The van der Waals surface area contributed by atoms with Crippen molar-refractivity contribution in [3.05, 3.63) is 47.1 Å². The molecular weight excluding hydrogens is 316 g/mol. The van der Waals surface area contributed by atoms with Crippen molar-refractivity contribution in [2.24, 2.45) is 0 Å². The third kappa shape index (κ3) is 3.18. The smallest absolute Gasteiger partial charge is 0.238 e. The first-order valence-corrected chi connectivity index (χ1v) is 9.09. The van der Waals surface area contributed by atoms with Crippen molar-refractivity contribution in [1.29, 1.82) is 0 Å². The summed E-state index contributed by atoms with van der Waals surface area (Å²) in [7, 11) is 0. The Labute approximate surface area is 147 Å². The molecule has 1 saturated carbocycles. The van der Waals surface area contributed by atoms with Gasteiger partial charge in [0.2, 0.25) is 11.8 Å². The van der Waals surface area contributed by atoms with Crippen LogP contribution in [0.4, 0.5) is 0 Å². The Hall–Kier alpha value is -2.21. The minimum Gasteiger partial charge on any atom is -0.342 e. The van der Waals surface area contributed by atoms with Crippen molar-refractivity contribution in [3.63, 3.8) is 0 Å². The lowest BCUT2D eigenvalue weighted by atomic mass is 9.80. The van der Waals surface area contributed by atoms with E-state index in [1.165, 1.54) is 17.5 Å². The maximum absolute atomic E-state index is 13.0. The number of carbonyl (C=O) groups excluding carboxylic acids is 1. The van der Waals surface area contributed by atoms with Crippen LogP contribution in [0.1, 0.15) is 54.9 Å². The summed E-state index contributed by atoms with van der Waals surface area (Å²) in [5.41, 5.74) is 2.02. The molecule has 1 aliphatic carbocycles. The van der Waals surface area contributed by atoms with E-state index in [0.717, 1.165) is 32.2 Å². The van der Waals surface area contributed by atoms with Crippen LogP contribution >= 0.6 is 0 Å². The summed E-state index contributed by atoms with van der Waals surface area (Å²) in [6.07, 6.45) is 5.75. The van der Waals surface area contributed by atoms with Gasteiger partial charge in [-0.25, -0.2) is 0 Å². The highest BCUT2D eigenvalue weighted by Crippen LogP contribution is 2.36. The number of aromatic nitrogens is 2. The minimum atomic E-state index is -0.494. The van der Waals surface area contributed by atoms with Crippen LogP contribution in [0.25, 0.3) is 0 Å². The van der Waals surface area contributed by atoms with Crippen LogP contribution in [-0.4, -0.2) is 22.1 Å². The van der Waals surface area contributed by atoms with Gasteiger partial charge in [-0.2, -0.15) is 4.98 Å². The van der Waals surface area contributed by atoms with Crippen LogP contribution < -0.4 is 10.6 Å². The molecule has 2 aromatic rings. The lowest BCUT2D eigenvalue weighted by Gasteiger charge is -2.37. The molecule has 1 amide bonds. The number of rotatable bonds is 3. The Morgan fingerprint density at radius 3 is 2.72 bits per heavy atom. The van der Waals surface area contributed by atoms with Crippen LogP contribution in [-0.2, 0) is 23.3 Å². The van der Waals surface area contributed by atoms with Crippen LogP contribution in [0.5, 0.6) is 0 Å². The summed E-state index contributed by atoms with van der Waals surface area (Å²) in [4.78, 5) is 17.4. The zero-order chi connectivity index (χ0) is 17.3. The van der Waals surface area contributed by atoms with Gasteiger partial charge in [-0.1, -0.05) is 48.7 Å². The van der Waals surface area contributed by atoms with E-state index in [0.29, 0.717) is 18.1 Å². The number of carbonyl (C=O) groups is 1. The van der Waals surface area contributed by atoms with E-state index >= 15 is 0 Å². The second-order valence-corrected chi connectivity index (χ2v) is 7.18. The molecule has 1 aliphatic heterocycles. The highest BCUT2D eigenvalue weighted by Gasteiger charge is 2.41. The van der Waals surface area contributed by atoms with Gasteiger partial charge in [0, 0.05) is 13.5 Å². The maximum atomic E-state index is 13.0. The summed E-state index contributed by atoms with van der Waals surface area (Å²) in [5, 5.41) is 10.8. The molecule has 2 heterocycles. The van der Waals surface area contributed by atoms with Gasteiger partial charge in [0.1, 0.15) is 5.54 Å². The number of amides is 1. The zero-order valence-electron chi connectivity index (χ0n) is 14.5. The Morgan fingerprint density at radius 1 is 1.24 bits per heavy atom. The minimum absolute atomic E-state index is 0.0267. The second kappa shape index (κ2) is 6.59. The van der Waals surface area contributed by atoms with Crippen LogP contribution in [0.15, 0.2) is 28.8 Å². The van der Waals surface area contributed by atoms with Gasteiger partial charge in [-0.3, -0.25) is 4.79 Å². The molecule has 6 heteroatoms. The molecule has 0 saturated heterocycles. The second-order valence-electron chi connectivity index (χ2n) is 7.18. The van der Waals surface area contributed by atoms with Crippen molar-refractivity contribution >= 4 is 5.91 Å². The van der Waals surface area contributed by atoms with Crippen LogP contribution in [0.3, 0.4) is 0 Å². The standard InChI is InChI=1S/C19H24N4O2/c1-13-21-18(23-25-13)19(9-5-2-6-10-19)22-17(24)16-11-14-7-3-4-8-15(14)12-20-16/h3-4,7-8,16,20H,2,5-6,9-12H2,1H3,(H,22,24)/t16-/m1/s1. The zero-order valence-corrected chi connectivity index (χ0v) is 14.5. The SMILES string of the molecule is Cc1nc(C2(NC(=O)[C@H]3Cc4ccccc4CN3)CCCCC2)no1. The number of hydrogen-bond acceptors (Lipinski definition) is 5. The molecule has 0 radical (unpaired) electrons. The molecular formula is C19H24N4O2. The predicted octanol–water partition coefficient (Wildman–Crippen LogP) is 2.37. The first-order valence-electron chi connectivity index (χ1n) is 9.09. The molecule has 25 heavy (non-hydrogen) atoms. The molecule has 2 N–H and O–H groups in total. The van der Waals surface area contributed by atoms with Crippen LogP contribution in [0.2, 0.25) is 0 Å². The quantitative estimate of drug-likeness (QED) is 0.897. The fourth-order valence-corrected chi connectivity index (χ4v) is 4.02. The van der Waals surface area contributed by atoms with Gasteiger partial charge >= 0.3 is 0 Å². The summed E-state index contributed by atoms with van der Waals surface area (Å²) < 4.78 is 5.19. The molecule has 0 bridgehead atoms. The largest absolute Gasteiger partial charge is 0.342 e. The topological polar surface area (TPSA) is 80.0 Å². The highest BCUT2D eigenvalue weighted by molar-refractivity contribution is 5.83. The monoisotopic (exact) mass is 340 g/mol. The lowest BCUT2D eigenvalue weighted by Crippen LogP contribution is -2.55. The molecule has 6 nitrogen and oxygen atoms in total. The first-order chi connectivity index (χ1) is 12.2. The average Bonchev–Trinajstić information content (AvgIpc) is 3.09. The van der Waals surface area contributed by atoms with Crippen molar-refractivity contribution in [2.75, 3.05) is 0 Å². The third-order valence-corrected chi connectivity index (χ3v) is 5.42. The number of nitrogens with one attached hydrogen (secondary N) is 2. The molecule has 0 unspecified atom stereocenters. The normalized spacial score (nSPS) is 22.2. The predicted molar refractivity (Wildman–Crippen MR) is 92.7 cm³/mol. The Balaban J connectivity index is 1.53. The molecule has 0 spiro atoms. The van der Waals surface area contributed by atoms with E-state index in [9.17, 15) is 4.79 Å². The molecule has 2 aliphatic rings. The number of benzene rings is 1. The lowest BCUT2D eigenvalue weighted by molar-refractivity contribution is -0.126. The molecule has 4 rings (SSSR count). The Morgan fingerprint density at radius 2 is 2.00 bits per heavy atom. The van der Waals surface area contributed by atoms with Crippen molar-refractivity contribution in [3.8, 4) is 0 Å². The first kappa shape index (κ1) is 16.3. The van der Waals surface area contributed by atoms with E-state index in [1.807, 2.05) is 12.1 Å². The number of fused-ring (bicyclic) bond motifs is 1. The summed E-state index contributed by atoms with van der Waals surface area (Å²) in [6, 6.07) is 8.07. The number of aryl methyl sites for hydroxylation is 1. The van der Waals surface area contributed by atoms with E-state index < -0.39 is 5.54 Å². The Kier molecular flexibility index (Phi) is 4.29. The van der Waals surface area contributed by atoms with Gasteiger partial charge in [-0.15, -0.1) is 0 Å². The van der Waals surface area contributed by atoms with Crippen molar-refractivity contribution in [2.45, 2.75) is 63.6 Å². The average molecular weight is 340 g/mol. The van der Waals surface area contributed by atoms with Crippen molar-refractivity contribution < 1.29 is 9.32 Å². The van der Waals surface area contributed by atoms with E-state index in [2.05, 4.69) is 32.9 Å². The molecule has 1 aromatic carbocycles. The van der Waals surface area contributed by atoms with Gasteiger partial charge in [0.25, 0.3) is 0 Å². The summed E-state index contributed by atoms with van der Waals surface area (Å²) in [5.74, 6) is 1.19. The summed E-state index contributed by atoms with van der Waals surface area (Å²) >= 11 is 0. The van der Waals surface area contributed by atoms with Crippen LogP contribution in [0, 0.1) is 6.92 Å². The van der Waals surface area contributed by atoms with Gasteiger partial charge in [0.05, 0.1) is 6.04 Å². The van der Waals surface area contributed by atoms with Gasteiger partial charge in [0.15, 0.2) is 5.82 Å². The molecule has 1 aromatic heterocycles. The highest BCUT2D eigenvalue weighted by atomic mass is 16.5. The van der Waals surface area contributed by atoms with Gasteiger partial charge in [-0.05, 0) is 30.4 Å². The van der Waals surface area contributed by atoms with E-state index in [-0.39, 0.29) is 11.9 Å².